The molecule has 0 bridgehead atoms. The molecule has 0 atom stereocenters. The molecule has 0 saturated carbocycles. The quantitative estimate of drug-likeness (QED) is 0.371. The van der Waals surface area contributed by atoms with Crippen molar-refractivity contribution in [1.82, 2.24) is 5.32 Å². The van der Waals surface area contributed by atoms with E-state index in [9.17, 15) is 33.4 Å². The van der Waals surface area contributed by atoms with Crippen LogP contribution in [0.5, 0.6) is 0 Å². The summed E-state index contributed by atoms with van der Waals surface area (Å²) < 4.78 is 23.1. The van der Waals surface area contributed by atoms with Crippen LogP contribution in [0.25, 0.3) is 0 Å². The van der Waals surface area contributed by atoms with Crippen molar-refractivity contribution in [3.8, 4) is 0 Å². The van der Waals surface area contributed by atoms with Crippen molar-refractivity contribution in [1.29, 1.82) is 0 Å². The fourth-order valence-corrected chi connectivity index (χ4v) is 3.11. The molecule has 2 rings (SSSR count). The highest BCUT2D eigenvalue weighted by molar-refractivity contribution is 7.90. The fraction of sp³-hybridized carbons (Fsp3) is 0.235. The first-order valence-electron chi connectivity index (χ1n) is 8.26. The molecule has 0 radical (unpaired) electrons. The summed E-state index contributed by atoms with van der Waals surface area (Å²) in [5.41, 5.74) is 0.0669. The molecule has 154 valence electrons. The van der Waals surface area contributed by atoms with E-state index < -0.39 is 31.3 Å². The first-order chi connectivity index (χ1) is 13.5. The molecule has 0 aliphatic rings. The van der Waals surface area contributed by atoms with Gasteiger partial charge in [0.05, 0.1) is 14.7 Å². The van der Waals surface area contributed by atoms with E-state index >= 15 is 0 Å². The number of carbonyl (C=O) groups excluding carboxylic acids is 1. The second-order valence-corrected chi connectivity index (χ2v) is 8.17. The largest absolute Gasteiger partial charge is 0.378 e. The number of aryl methyl sites for hydroxylation is 1. The lowest BCUT2D eigenvalue weighted by Gasteiger charge is -2.10. The van der Waals surface area contributed by atoms with Crippen molar-refractivity contribution < 1.29 is 23.1 Å². The van der Waals surface area contributed by atoms with E-state index in [4.69, 9.17) is 0 Å². The Morgan fingerprint density at radius 2 is 1.66 bits per heavy atom. The van der Waals surface area contributed by atoms with E-state index in [1.807, 2.05) is 0 Å². The van der Waals surface area contributed by atoms with Gasteiger partial charge in [0.15, 0.2) is 9.84 Å². The number of anilines is 1. The van der Waals surface area contributed by atoms with Crippen LogP contribution in [0.4, 0.5) is 17.1 Å². The molecule has 2 aromatic carbocycles. The van der Waals surface area contributed by atoms with Crippen molar-refractivity contribution in [2.24, 2.45) is 0 Å². The summed E-state index contributed by atoms with van der Waals surface area (Å²) >= 11 is 0. The fourth-order valence-electron chi connectivity index (χ4n) is 2.47. The maximum atomic E-state index is 12.1. The number of hydrogen-bond acceptors (Lipinski definition) is 8. The highest BCUT2D eigenvalue weighted by atomic mass is 32.2. The third kappa shape index (κ3) is 5.48. The molecule has 0 fully saturated rings. The molecular formula is C17H18N4O7S. The Kier molecular flexibility index (Phi) is 6.49. The maximum Gasteiger partial charge on any atom is 0.293 e. The van der Waals surface area contributed by atoms with Gasteiger partial charge in [-0.25, -0.2) is 8.42 Å². The zero-order valence-electron chi connectivity index (χ0n) is 15.5. The highest BCUT2D eigenvalue weighted by Gasteiger charge is 2.19. The van der Waals surface area contributed by atoms with Crippen molar-refractivity contribution in [2.75, 3.05) is 24.7 Å². The lowest BCUT2D eigenvalue weighted by molar-refractivity contribution is -0.385. The summed E-state index contributed by atoms with van der Waals surface area (Å²) in [6.45, 7) is 1.75. The highest BCUT2D eigenvalue weighted by Crippen LogP contribution is 2.27. The second-order valence-electron chi connectivity index (χ2n) is 6.15. The van der Waals surface area contributed by atoms with Gasteiger partial charge in [-0.1, -0.05) is 6.07 Å². The Labute approximate surface area is 166 Å². The predicted octanol–water partition coefficient (Wildman–Crippen LogP) is 2.06. The molecule has 11 nitrogen and oxygen atoms in total. The topological polar surface area (TPSA) is 162 Å². The molecule has 1 amide bonds. The van der Waals surface area contributed by atoms with Crippen molar-refractivity contribution >= 4 is 32.8 Å². The van der Waals surface area contributed by atoms with Gasteiger partial charge in [-0.15, -0.1) is 0 Å². The second kappa shape index (κ2) is 8.65. The van der Waals surface area contributed by atoms with Crippen LogP contribution >= 0.6 is 0 Å². The molecule has 0 heterocycles. The van der Waals surface area contributed by atoms with Crippen LogP contribution in [0.1, 0.15) is 15.9 Å². The number of sulfone groups is 1. The van der Waals surface area contributed by atoms with E-state index in [1.54, 1.807) is 6.92 Å². The maximum absolute atomic E-state index is 12.1. The molecule has 0 unspecified atom stereocenters. The standard InChI is InChI=1S/C17H18N4O7S/c1-11-3-4-12(9-15(11)20(23)24)17(22)19-8-7-18-14-6-5-13(29(2,27)28)10-16(14)21(25)26/h3-6,9-10,18H,7-8H2,1-2H3,(H,19,22). The van der Waals surface area contributed by atoms with Gasteiger partial charge in [-0.3, -0.25) is 25.0 Å². The van der Waals surface area contributed by atoms with Gasteiger partial charge < -0.3 is 10.6 Å². The molecular weight excluding hydrogens is 404 g/mol. The number of nitrogens with one attached hydrogen (secondary N) is 2. The zero-order chi connectivity index (χ0) is 21.8. The van der Waals surface area contributed by atoms with Crippen molar-refractivity contribution in [3.63, 3.8) is 0 Å². The molecule has 0 aliphatic heterocycles. The number of hydrogen-bond donors (Lipinski definition) is 2. The number of carbonyl (C=O) groups is 1. The van der Waals surface area contributed by atoms with Crippen LogP contribution in [-0.2, 0) is 9.84 Å². The minimum absolute atomic E-state index is 0.0749. The van der Waals surface area contributed by atoms with Gasteiger partial charge in [0.25, 0.3) is 17.3 Å². The SMILES string of the molecule is Cc1ccc(C(=O)NCCNc2ccc(S(C)(=O)=O)cc2[N+](=O)[O-])cc1[N+](=O)[O-]. The molecule has 12 heteroatoms. The Bertz CT molecular complexity index is 1080. The number of rotatable bonds is 8. The summed E-state index contributed by atoms with van der Waals surface area (Å²) in [5, 5.41) is 27.5. The van der Waals surface area contributed by atoms with E-state index in [2.05, 4.69) is 10.6 Å². The number of nitro groups is 2. The Balaban J connectivity index is 2.02. The molecule has 0 aromatic heterocycles. The van der Waals surface area contributed by atoms with Crippen LogP contribution in [0.2, 0.25) is 0 Å². The van der Waals surface area contributed by atoms with Crippen LogP contribution in [0, 0.1) is 27.2 Å². The Hall–Kier alpha value is -3.54. The minimum atomic E-state index is -3.59. The number of nitro benzene ring substituents is 2. The molecule has 0 aliphatic carbocycles. The average Bonchev–Trinajstić information content (AvgIpc) is 2.64. The average molecular weight is 422 g/mol. The van der Waals surface area contributed by atoms with E-state index in [0.717, 1.165) is 12.3 Å². The molecule has 29 heavy (non-hydrogen) atoms. The molecule has 0 spiro atoms. The van der Waals surface area contributed by atoms with Gasteiger partial charge in [0.1, 0.15) is 5.69 Å². The zero-order valence-corrected chi connectivity index (χ0v) is 16.4. The number of benzene rings is 2. The summed E-state index contributed by atoms with van der Waals surface area (Å²) in [4.78, 5) is 32.8. The van der Waals surface area contributed by atoms with E-state index in [0.29, 0.717) is 5.56 Å². The molecule has 2 aromatic rings. The van der Waals surface area contributed by atoms with Crippen molar-refractivity contribution in [3.05, 3.63) is 67.8 Å². The lowest BCUT2D eigenvalue weighted by atomic mass is 10.1. The van der Waals surface area contributed by atoms with E-state index in [1.165, 1.54) is 30.3 Å². The summed E-state index contributed by atoms with van der Waals surface area (Å²) in [7, 11) is -3.59. The van der Waals surface area contributed by atoms with Gasteiger partial charge in [-0.05, 0) is 25.1 Å². The normalized spacial score (nSPS) is 11.0. The van der Waals surface area contributed by atoms with Crippen molar-refractivity contribution in [2.45, 2.75) is 11.8 Å². The smallest absolute Gasteiger partial charge is 0.293 e. The molecule has 2 N–H and O–H groups in total. The number of amides is 1. The lowest BCUT2D eigenvalue weighted by Crippen LogP contribution is -2.29. The Morgan fingerprint density at radius 3 is 2.24 bits per heavy atom. The molecule has 0 saturated heterocycles. The van der Waals surface area contributed by atoms with Gasteiger partial charge in [-0.2, -0.15) is 0 Å². The van der Waals surface area contributed by atoms with Crippen LogP contribution < -0.4 is 10.6 Å². The Morgan fingerprint density at radius 1 is 1.00 bits per heavy atom. The van der Waals surface area contributed by atoms with Crippen LogP contribution in [-0.4, -0.2) is 43.5 Å². The number of nitrogens with zero attached hydrogens (tertiary/aromatic N) is 2. The van der Waals surface area contributed by atoms with Gasteiger partial charge in [0.2, 0.25) is 0 Å². The first-order valence-corrected chi connectivity index (χ1v) is 10.2. The predicted molar refractivity (Wildman–Crippen MR) is 105 cm³/mol. The van der Waals surface area contributed by atoms with Gasteiger partial charge >= 0.3 is 0 Å². The van der Waals surface area contributed by atoms with E-state index in [-0.39, 0.29) is 34.9 Å². The summed E-state index contributed by atoms with van der Waals surface area (Å²) in [6.07, 6.45) is 0.949. The van der Waals surface area contributed by atoms with Gasteiger partial charge in [0, 0.05) is 42.6 Å². The monoisotopic (exact) mass is 422 g/mol. The van der Waals surface area contributed by atoms with Crippen LogP contribution in [0.3, 0.4) is 0 Å². The summed E-state index contributed by atoms with van der Waals surface area (Å²) in [6, 6.07) is 7.58. The van der Waals surface area contributed by atoms with Crippen LogP contribution in [0.15, 0.2) is 41.3 Å². The third-order valence-electron chi connectivity index (χ3n) is 3.99. The summed E-state index contributed by atoms with van der Waals surface area (Å²) in [5.74, 6) is -0.531. The third-order valence-corrected chi connectivity index (χ3v) is 5.10. The minimum Gasteiger partial charge on any atom is -0.378 e. The first kappa shape index (κ1) is 21.8.